The summed E-state index contributed by atoms with van der Waals surface area (Å²) in [6.45, 7) is 0. The van der Waals surface area contributed by atoms with Gasteiger partial charge in [-0.2, -0.15) is 0 Å². The zero-order chi connectivity index (χ0) is 16.1. The molecule has 0 saturated carbocycles. The summed E-state index contributed by atoms with van der Waals surface area (Å²) in [5.41, 5.74) is 0. The molecule has 0 amide bonds. The molecule has 0 saturated heterocycles. The average molecular weight is 542 g/mol. The number of hydrogen-bond donors (Lipinski definition) is 0. The molecule has 136 valence electrons. The van der Waals surface area contributed by atoms with Crippen molar-refractivity contribution in [2.24, 2.45) is 0 Å². The van der Waals surface area contributed by atoms with E-state index in [9.17, 15) is 46.5 Å². The van der Waals surface area contributed by atoms with Gasteiger partial charge in [0.25, 0.3) is 0 Å². The Morgan fingerprint density at radius 3 is 0.389 bits per heavy atom. The van der Waals surface area contributed by atoms with Crippen LogP contribution >= 0.6 is 0 Å². The molecule has 0 rings (SSSR count). The molecule has 0 atom stereocenters. The van der Waals surface area contributed by atoms with Crippen molar-refractivity contribution in [2.45, 2.75) is 0 Å². The fourth-order valence-electron chi connectivity index (χ4n) is 0. The van der Waals surface area contributed by atoms with Crippen molar-refractivity contribution in [1.29, 1.82) is 0 Å². The van der Waals surface area contributed by atoms with Crippen LogP contribution in [0.3, 0.4) is 0 Å². The Labute approximate surface area is 122 Å². The number of hydrogen-bond acceptors (Lipinski definition) is 0. The van der Waals surface area contributed by atoms with Gasteiger partial charge in [-0.25, -0.2) is 0 Å². The Hall–Kier alpha value is 1.62. The van der Waals surface area contributed by atoms with Crippen LogP contribution in [-0.4, -0.2) is 0 Å². The third-order valence-corrected chi connectivity index (χ3v) is 0. The minimum absolute atomic E-state index is 1.56. The van der Waals surface area contributed by atoms with E-state index in [0.717, 1.165) is 0 Å². The second kappa shape index (κ2) is 36.3. The molecular formula is Co5F13. The van der Waals surface area contributed by atoms with E-state index in [2.05, 4.69) is 0 Å². The molecular weight excluding hydrogens is 542 g/mol. The van der Waals surface area contributed by atoms with Crippen molar-refractivity contribution in [3.8, 4) is 0 Å². The van der Waals surface area contributed by atoms with Crippen molar-refractivity contribution >= 4 is 0 Å². The van der Waals surface area contributed by atoms with Gasteiger partial charge in [0, 0.05) is 0 Å². The van der Waals surface area contributed by atoms with Gasteiger partial charge < -0.3 is 0 Å². The molecule has 0 heterocycles. The summed E-state index contributed by atoms with van der Waals surface area (Å²) in [4.78, 5) is 0. The molecule has 0 bridgehead atoms. The summed E-state index contributed by atoms with van der Waals surface area (Å²) in [7, 11) is 0. The van der Waals surface area contributed by atoms with Gasteiger partial charge in [-0.1, -0.05) is 0 Å². The predicted octanol–water partition coefficient (Wildman–Crippen LogP) is 5.45. The van der Waals surface area contributed by atoms with Crippen LogP contribution in [0, 0.1) is 0 Å². The van der Waals surface area contributed by atoms with Crippen LogP contribution in [0.2, 0.25) is 0 Å². The molecule has 0 nitrogen and oxygen atoms in total. The van der Waals surface area contributed by atoms with E-state index in [4.69, 9.17) is 0 Å². The summed E-state index contributed by atoms with van der Waals surface area (Å²) < 4.78 is 126. The molecule has 0 unspecified atom stereocenters. The molecule has 0 aliphatic heterocycles. The maximum absolute atomic E-state index is 9.73. The topological polar surface area (TPSA) is 0 Å². The Bertz CT molecular complexity index is 60.9. The van der Waals surface area contributed by atoms with Crippen LogP contribution in [0.4, 0.5) is 46.5 Å². The molecule has 0 fully saturated rings. The molecule has 0 spiro atoms. The first-order chi connectivity index (χ1) is 8.02. The van der Waals surface area contributed by atoms with Crippen LogP contribution < -0.4 is 0 Å². The quantitative estimate of drug-likeness (QED) is 0.358. The number of halogens is 13. The Morgan fingerprint density at radius 2 is 0.389 bits per heavy atom. The average Bonchev–Trinajstić information content (AvgIpc) is 2.00. The monoisotopic (exact) mass is 542 g/mol. The number of rotatable bonds is 0. The molecule has 0 aliphatic carbocycles. The van der Waals surface area contributed by atoms with Gasteiger partial charge in [-0.05, 0) is 0 Å². The second-order valence-corrected chi connectivity index (χ2v) is 2.16. The summed E-state index contributed by atoms with van der Waals surface area (Å²) in [5, 5.41) is 0. The standard InChI is InChI=1S/5Co.13FH/h;;;;;13*1H/q2*+2;3*+3;;;;;;;;;;;;;/p-13. The zero-order valence-corrected chi connectivity index (χ0v) is 11.8. The first kappa shape index (κ1) is 31.8. The normalized spacial score (nSPS) is 9.94. The van der Waals surface area contributed by atoms with E-state index < -0.39 is 76.2 Å². The fraction of sp³-hybridized carbons (Fsp3) is 0. The van der Waals surface area contributed by atoms with E-state index in [1.165, 1.54) is 0 Å². The van der Waals surface area contributed by atoms with Gasteiger partial charge in [0.2, 0.25) is 0 Å². The summed E-state index contributed by atoms with van der Waals surface area (Å²) in [6, 6.07) is 0. The van der Waals surface area contributed by atoms with Gasteiger partial charge >= 0.3 is 123 Å². The van der Waals surface area contributed by atoms with E-state index in [0.29, 0.717) is 0 Å². The van der Waals surface area contributed by atoms with Crippen molar-refractivity contribution < 1.29 is 123 Å². The fourth-order valence-corrected chi connectivity index (χ4v) is 0. The Balaban J connectivity index is -0.0000000394. The molecule has 0 aromatic rings. The second-order valence-electron chi connectivity index (χ2n) is 0.524. The third-order valence-electron chi connectivity index (χ3n) is 0. The summed E-state index contributed by atoms with van der Waals surface area (Å²) >= 11 is -15.4. The first-order valence-corrected chi connectivity index (χ1v) is 6.75. The van der Waals surface area contributed by atoms with Crippen molar-refractivity contribution in [1.82, 2.24) is 0 Å². The van der Waals surface area contributed by atoms with E-state index in [1.54, 1.807) is 0 Å². The van der Waals surface area contributed by atoms with E-state index in [-0.39, 0.29) is 0 Å². The summed E-state index contributed by atoms with van der Waals surface area (Å²) in [5.74, 6) is 0. The SMILES string of the molecule is [F][Co]([F])[F].[F][Co]([F])[F].[F][Co]([F])[F].[F][Co][F].[F][Co][F]. The van der Waals surface area contributed by atoms with Crippen molar-refractivity contribution in [3.63, 3.8) is 0 Å². The molecule has 0 aromatic carbocycles. The molecule has 0 radical (unpaired) electrons. The van der Waals surface area contributed by atoms with Gasteiger partial charge in [-0.15, -0.1) is 0 Å². The molecule has 0 N–H and O–H groups in total. The van der Waals surface area contributed by atoms with Crippen LogP contribution in [-0.2, 0) is 76.2 Å². The summed E-state index contributed by atoms with van der Waals surface area (Å²) in [6.07, 6.45) is 0. The minimum atomic E-state index is -4.10. The van der Waals surface area contributed by atoms with Gasteiger partial charge in [0.1, 0.15) is 0 Å². The first-order valence-electron chi connectivity index (χ1n) is 1.64. The Kier molecular flexibility index (Phi) is 64.2. The van der Waals surface area contributed by atoms with E-state index in [1.807, 2.05) is 0 Å². The Morgan fingerprint density at radius 1 is 0.389 bits per heavy atom. The molecule has 0 aliphatic rings. The van der Waals surface area contributed by atoms with Crippen LogP contribution in [0.25, 0.3) is 0 Å². The van der Waals surface area contributed by atoms with Crippen LogP contribution in [0.15, 0.2) is 0 Å². The van der Waals surface area contributed by atoms with Crippen molar-refractivity contribution in [2.75, 3.05) is 0 Å². The van der Waals surface area contributed by atoms with E-state index >= 15 is 0 Å². The molecule has 0 aromatic heterocycles. The van der Waals surface area contributed by atoms with Gasteiger partial charge in [0.15, 0.2) is 0 Å². The zero-order valence-electron chi connectivity index (χ0n) is 6.58. The van der Waals surface area contributed by atoms with Crippen LogP contribution in [0.1, 0.15) is 0 Å². The predicted molar refractivity (Wildman–Crippen MR) is 14.4 cm³/mol. The van der Waals surface area contributed by atoms with Gasteiger partial charge in [0.05, 0.1) is 0 Å². The van der Waals surface area contributed by atoms with Crippen molar-refractivity contribution in [3.05, 3.63) is 0 Å². The molecule has 18 heavy (non-hydrogen) atoms. The maximum atomic E-state index is 9.73. The molecule has 18 heteroatoms. The van der Waals surface area contributed by atoms with Gasteiger partial charge in [-0.3, -0.25) is 0 Å². The third kappa shape index (κ3) is 1850. The van der Waals surface area contributed by atoms with Crippen LogP contribution in [0.5, 0.6) is 0 Å².